The largest absolute Gasteiger partial charge is 0.486 e. The number of ether oxygens (including phenoxy) is 1. The van der Waals surface area contributed by atoms with Crippen LogP contribution >= 0.6 is 0 Å². The van der Waals surface area contributed by atoms with Gasteiger partial charge in [0, 0.05) is 43.5 Å². The summed E-state index contributed by atoms with van der Waals surface area (Å²) in [5, 5.41) is 0. The molecule has 0 aromatic heterocycles. The van der Waals surface area contributed by atoms with Crippen LogP contribution in [0.15, 0.2) is 18.2 Å². The molecule has 3 aliphatic rings. The maximum Gasteiger partial charge on any atom is 0.124 e. The van der Waals surface area contributed by atoms with Crippen molar-refractivity contribution >= 4 is 0 Å². The van der Waals surface area contributed by atoms with E-state index in [2.05, 4.69) is 30.0 Å². The van der Waals surface area contributed by atoms with Crippen molar-refractivity contribution in [2.24, 2.45) is 11.7 Å². The maximum absolute atomic E-state index is 6.51. The lowest BCUT2D eigenvalue weighted by molar-refractivity contribution is -0.0439. The molecule has 19 heavy (non-hydrogen) atoms. The Morgan fingerprint density at radius 3 is 3.16 bits per heavy atom. The number of hydrogen-bond donors (Lipinski definition) is 1. The van der Waals surface area contributed by atoms with Crippen molar-refractivity contribution in [2.75, 3.05) is 19.6 Å². The fraction of sp³-hybridized carbons (Fsp3) is 0.625. The first-order valence-electron chi connectivity index (χ1n) is 7.44. The molecule has 4 atom stereocenters. The minimum Gasteiger partial charge on any atom is -0.486 e. The molecule has 2 N–H and O–H groups in total. The van der Waals surface area contributed by atoms with Crippen LogP contribution in [0.4, 0.5) is 0 Å². The zero-order valence-corrected chi connectivity index (χ0v) is 11.6. The van der Waals surface area contributed by atoms with Crippen LogP contribution in [-0.4, -0.2) is 30.1 Å². The molecule has 1 aromatic rings. The Balaban J connectivity index is 1.72. The smallest absolute Gasteiger partial charge is 0.124 e. The highest BCUT2D eigenvalue weighted by Gasteiger charge is 2.51. The monoisotopic (exact) mass is 258 g/mol. The zero-order chi connectivity index (χ0) is 13.0. The molecule has 3 heterocycles. The number of piperidine rings is 1. The van der Waals surface area contributed by atoms with Gasteiger partial charge in [0.05, 0.1) is 0 Å². The summed E-state index contributed by atoms with van der Waals surface area (Å²) in [6.45, 7) is 5.73. The minimum absolute atomic E-state index is 0.00861. The van der Waals surface area contributed by atoms with E-state index >= 15 is 0 Å². The molecule has 1 aromatic carbocycles. The number of benzene rings is 1. The second-order valence-electron chi connectivity index (χ2n) is 6.55. The van der Waals surface area contributed by atoms with E-state index in [1.165, 1.54) is 37.2 Å². The summed E-state index contributed by atoms with van der Waals surface area (Å²) in [6, 6.07) is 6.58. The molecule has 0 radical (unpaired) electrons. The normalized spacial score (nSPS) is 40.0. The number of nitrogens with zero attached hydrogens (tertiary/aromatic N) is 1. The van der Waals surface area contributed by atoms with Gasteiger partial charge in [-0.25, -0.2) is 0 Å². The van der Waals surface area contributed by atoms with E-state index in [1.807, 2.05) is 0 Å². The van der Waals surface area contributed by atoms with E-state index in [9.17, 15) is 0 Å². The first kappa shape index (κ1) is 11.7. The molecule has 3 aliphatic heterocycles. The van der Waals surface area contributed by atoms with Crippen molar-refractivity contribution in [1.82, 2.24) is 4.90 Å². The van der Waals surface area contributed by atoms with Crippen molar-refractivity contribution in [1.29, 1.82) is 0 Å². The van der Waals surface area contributed by atoms with E-state index in [-0.39, 0.29) is 11.6 Å². The van der Waals surface area contributed by atoms with Gasteiger partial charge >= 0.3 is 0 Å². The van der Waals surface area contributed by atoms with Crippen LogP contribution < -0.4 is 10.5 Å². The summed E-state index contributed by atoms with van der Waals surface area (Å²) in [5.74, 6) is 1.70. The van der Waals surface area contributed by atoms with Crippen molar-refractivity contribution in [3.63, 3.8) is 0 Å². The molecular formula is C16H22N2O. The highest BCUT2D eigenvalue weighted by molar-refractivity contribution is 5.42. The number of aryl methyl sites for hydroxylation is 1. The summed E-state index contributed by atoms with van der Waals surface area (Å²) < 4.78 is 6.51. The van der Waals surface area contributed by atoms with Gasteiger partial charge in [-0.3, -0.25) is 0 Å². The van der Waals surface area contributed by atoms with Crippen LogP contribution in [0.3, 0.4) is 0 Å². The van der Waals surface area contributed by atoms with Crippen molar-refractivity contribution < 1.29 is 4.74 Å². The predicted octanol–water partition coefficient (Wildman–Crippen LogP) is 2.24. The molecule has 0 aliphatic carbocycles. The van der Waals surface area contributed by atoms with Crippen LogP contribution in [0.25, 0.3) is 0 Å². The van der Waals surface area contributed by atoms with Gasteiger partial charge < -0.3 is 15.4 Å². The van der Waals surface area contributed by atoms with Crippen molar-refractivity contribution in [3.05, 3.63) is 29.3 Å². The van der Waals surface area contributed by atoms with Gasteiger partial charge in [0.15, 0.2) is 0 Å². The predicted molar refractivity (Wildman–Crippen MR) is 75.2 cm³/mol. The third-order valence-electron chi connectivity index (χ3n) is 5.31. The van der Waals surface area contributed by atoms with E-state index in [1.54, 1.807) is 0 Å². The molecule has 102 valence electrons. The Bertz CT molecular complexity index is 515. The highest BCUT2D eigenvalue weighted by atomic mass is 16.5. The van der Waals surface area contributed by atoms with Crippen LogP contribution in [0.1, 0.15) is 36.4 Å². The lowest BCUT2D eigenvalue weighted by atomic mass is 9.74. The van der Waals surface area contributed by atoms with Gasteiger partial charge in [0.1, 0.15) is 11.4 Å². The van der Waals surface area contributed by atoms with Gasteiger partial charge in [-0.15, -0.1) is 0 Å². The van der Waals surface area contributed by atoms with E-state index in [0.29, 0.717) is 5.92 Å². The van der Waals surface area contributed by atoms with E-state index in [0.717, 1.165) is 18.6 Å². The van der Waals surface area contributed by atoms with Gasteiger partial charge in [-0.1, -0.05) is 17.7 Å². The quantitative estimate of drug-likeness (QED) is 0.775. The Labute approximate surface area is 114 Å². The summed E-state index contributed by atoms with van der Waals surface area (Å²) in [7, 11) is 0. The van der Waals surface area contributed by atoms with E-state index < -0.39 is 0 Å². The summed E-state index contributed by atoms with van der Waals surface area (Å²) >= 11 is 0. The molecule has 3 heteroatoms. The fourth-order valence-electron chi connectivity index (χ4n) is 4.21. The number of fused-ring (bicyclic) bond motifs is 4. The van der Waals surface area contributed by atoms with Gasteiger partial charge in [0.25, 0.3) is 0 Å². The third kappa shape index (κ3) is 1.72. The SMILES string of the molecule is Cc1ccc2c(c1)C(N)CC1(CCN3CCC1C3)O2. The lowest BCUT2D eigenvalue weighted by Crippen LogP contribution is -2.53. The number of rotatable bonds is 0. The molecule has 0 amide bonds. The van der Waals surface area contributed by atoms with Crippen molar-refractivity contribution in [3.8, 4) is 5.75 Å². The lowest BCUT2D eigenvalue weighted by Gasteiger charge is -2.47. The summed E-state index contributed by atoms with van der Waals surface area (Å²) in [5.41, 5.74) is 8.93. The summed E-state index contributed by atoms with van der Waals surface area (Å²) in [6.07, 6.45) is 3.40. The molecule has 4 unspecified atom stereocenters. The Morgan fingerprint density at radius 2 is 2.26 bits per heavy atom. The highest BCUT2D eigenvalue weighted by Crippen LogP contribution is 2.48. The molecule has 2 fully saturated rings. The van der Waals surface area contributed by atoms with Gasteiger partial charge in [-0.2, -0.15) is 0 Å². The average molecular weight is 258 g/mol. The molecule has 2 saturated heterocycles. The third-order valence-corrected chi connectivity index (χ3v) is 5.31. The summed E-state index contributed by atoms with van der Waals surface area (Å²) in [4.78, 5) is 2.56. The Kier molecular flexibility index (Phi) is 2.45. The molecule has 3 nitrogen and oxygen atoms in total. The van der Waals surface area contributed by atoms with Gasteiger partial charge in [0.2, 0.25) is 0 Å². The number of nitrogens with two attached hydrogens (primary N) is 1. The zero-order valence-electron chi connectivity index (χ0n) is 11.6. The Hall–Kier alpha value is -1.06. The molecule has 0 saturated carbocycles. The molecule has 4 rings (SSSR count). The molecule has 2 bridgehead atoms. The van der Waals surface area contributed by atoms with Crippen molar-refractivity contribution in [2.45, 2.75) is 37.8 Å². The second-order valence-corrected chi connectivity index (χ2v) is 6.55. The van der Waals surface area contributed by atoms with E-state index in [4.69, 9.17) is 10.5 Å². The first-order chi connectivity index (χ1) is 9.16. The average Bonchev–Trinajstić information content (AvgIpc) is 2.81. The minimum atomic E-state index is 0.00861. The number of hydrogen-bond acceptors (Lipinski definition) is 3. The standard InChI is InChI=1S/C16H22N2O/c1-11-2-3-15-13(8-11)14(17)9-16(19-15)5-7-18-6-4-12(16)10-18/h2-3,8,12,14H,4-7,9-10,17H2,1H3. The fourth-order valence-corrected chi connectivity index (χ4v) is 4.21. The maximum atomic E-state index is 6.51. The molecule has 1 spiro atoms. The topological polar surface area (TPSA) is 38.5 Å². The molecular weight excluding hydrogens is 236 g/mol. The first-order valence-corrected chi connectivity index (χ1v) is 7.44. The van der Waals surface area contributed by atoms with Crippen LogP contribution in [0.5, 0.6) is 5.75 Å². The second kappa shape index (κ2) is 3.97. The van der Waals surface area contributed by atoms with Crippen LogP contribution in [-0.2, 0) is 0 Å². The van der Waals surface area contributed by atoms with Gasteiger partial charge in [-0.05, 0) is 26.0 Å². The Morgan fingerprint density at radius 1 is 1.37 bits per heavy atom. The van der Waals surface area contributed by atoms with Crippen LogP contribution in [0.2, 0.25) is 0 Å². The van der Waals surface area contributed by atoms with Crippen LogP contribution in [0, 0.1) is 12.8 Å².